The Morgan fingerprint density at radius 3 is 2.93 bits per heavy atom. The normalized spacial score (nSPS) is 10.4. The van der Waals surface area contributed by atoms with E-state index in [0.29, 0.717) is 0 Å². The summed E-state index contributed by atoms with van der Waals surface area (Å²) in [6.07, 6.45) is 0. The van der Waals surface area contributed by atoms with Gasteiger partial charge in [0.15, 0.2) is 0 Å². The topological polar surface area (TPSA) is 23.8 Å². The number of benzene rings is 1. The second kappa shape index (κ2) is 4.01. The molecule has 0 aliphatic carbocycles. The van der Waals surface area contributed by atoms with Crippen molar-refractivity contribution in [2.75, 3.05) is 0 Å². The van der Waals surface area contributed by atoms with Crippen LogP contribution in [0.4, 0.5) is 0 Å². The summed E-state index contributed by atoms with van der Waals surface area (Å²) in [7, 11) is 0. The summed E-state index contributed by atoms with van der Waals surface area (Å²) in [6.45, 7) is 0. The SMILES string of the molecule is N#Cc1c(Br)c(CBr)cc2ccsc12. The van der Waals surface area contributed by atoms with Crippen molar-refractivity contribution >= 4 is 53.3 Å². The first kappa shape index (κ1) is 10.2. The number of hydrogen-bond acceptors (Lipinski definition) is 2. The molecule has 0 atom stereocenters. The molecule has 0 saturated carbocycles. The number of rotatable bonds is 1. The third-order valence-electron chi connectivity index (χ3n) is 2.01. The lowest BCUT2D eigenvalue weighted by atomic mass is 10.1. The van der Waals surface area contributed by atoms with Crippen molar-refractivity contribution < 1.29 is 0 Å². The third-order valence-corrected chi connectivity index (χ3v) is 4.47. The zero-order valence-corrected chi connectivity index (χ0v) is 11.0. The maximum Gasteiger partial charge on any atom is 0.102 e. The van der Waals surface area contributed by atoms with Gasteiger partial charge in [0, 0.05) is 9.80 Å². The first-order valence-electron chi connectivity index (χ1n) is 3.92. The van der Waals surface area contributed by atoms with Crippen LogP contribution in [0.15, 0.2) is 22.0 Å². The van der Waals surface area contributed by atoms with Gasteiger partial charge in [-0.2, -0.15) is 5.26 Å². The van der Waals surface area contributed by atoms with Crippen molar-refractivity contribution in [2.24, 2.45) is 0 Å². The van der Waals surface area contributed by atoms with Crippen LogP contribution >= 0.6 is 43.2 Å². The van der Waals surface area contributed by atoms with Crippen LogP contribution in [-0.2, 0) is 5.33 Å². The fourth-order valence-electron chi connectivity index (χ4n) is 1.34. The number of nitriles is 1. The van der Waals surface area contributed by atoms with Gasteiger partial charge in [0.25, 0.3) is 0 Å². The molecule has 0 fully saturated rings. The highest BCUT2D eigenvalue weighted by Gasteiger charge is 2.10. The van der Waals surface area contributed by atoms with Gasteiger partial charge in [-0.05, 0) is 44.4 Å². The average molecular weight is 331 g/mol. The molecule has 2 rings (SSSR count). The van der Waals surface area contributed by atoms with E-state index in [-0.39, 0.29) is 0 Å². The van der Waals surface area contributed by atoms with E-state index >= 15 is 0 Å². The molecule has 4 heteroatoms. The molecule has 0 N–H and O–H groups in total. The van der Waals surface area contributed by atoms with E-state index in [9.17, 15) is 0 Å². The number of alkyl halides is 1. The molecule has 70 valence electrons. The Morgan fingerprint density at radius 2 is 2.29 bits per heavy atom. The predicted molar refractivity (Wildman–Crippen MR) is 66.9 cm³/mol. The minimum atomic E-state index is 0.743. The van der Waals surface area contributed by atoms with Gasteiger partial charge in [-0.25, -0.2) is 0 Å². The van der Waals surface area contributed by atoms with Crippen LogP contribution in [0.1, 0.15) is 11.1 Å². The summed E-state index contributed by atoms with van der Waals surface area (Å²) in [5.41, 5.74) is 1.86. The van der Waals surface area contributed by atoms with Crippen molar-refractivity contribution in [3.8, 4) is 6.07 Å². The zero-order valence-electron chi connectivity index (χ0n) is 7.05. The third kappa shape index (κ3) is 1.50. The standard InChI is InChI=1S/C10H5Br2NS/c11-4-7-3-6-1-2-14-10(6)8(5-13)9(7)12/h1-3H,4H2. The maximum absolute atomic E-state index is 9.07. The summed E-state index contributed by atoms with van der Waals surface area (Å²) in [6, 6.07) is 6.39. The predicted octanol–water partition coefficient (Wildman–Crippen LogP) is 4.43. The number of hydrogen-bond donors (Lipinski definition) is 0. The van der Waals surface area contributed by atoms with Crippen LogP contribution < -0.4 is 0 Å². The maximum atomic E-state index is 9.07. The number of thiophene rings is 1. The van der Waals surface area contributed by atoms with Crippen LogP contribution in [0.25, 0.3) is 10.1 Å². The Kier molecular flexibility index (Phi) is 2.91. The molecule has 0 unspecified atom stereocenters. The van der Waals surface area contributed by atoms with Gasteiger partial charge in [0.1, 0.15) is 6.07 Å². The summed E-state index contributed by atoms with van der Waals surface area (Å²) >= 11 is 8.48. The largest absolute Gasteiger partial charge is 0.192 e. The number of nitrogens with zero attached hydrogens (tertiary/aromatic N) is 1. The molecule has 1 aromatic carbocycles. The lowest BCUT2D eigenvalue weighted by Crippen LogP contribution is -1.85. The zero-order chi connectivity index (χ0) is 10.1. The van der Waals surface area contributed by atoms with Gasteiger partial charge in [0.05, 0.1) is 10.3 Å². The van der Waals surface area contributed by atoms with Crippen molar-refractivity contribution in [1.29, 1.82) is 5.26 Å². The van der Waals surface area contributed by atoms with Crippen molar-refractivity contribution in [3.05, 3.63) is 33.1 Å². The van der Waals surface area contributed by atoms with E-state index in [2.05, 4.69) is 44.0 Å². The van der Waals surface area contributed by atoms with Crippen molar-refractivity contribution in [2.45, 2.75) is 5.33 Å². The molecule has 2 aromatic rings. The smallest absolute Gasteiger partial charge is 0.102 e. The van der Waals surface area contributed by atoms with E-state index in [1.807, 2.05) is 11.4 Å². The molecule has 0 aliphatic heterocycles. The molecular formula is C10H5Br2NS. The quantitative estimate of drug-likeness (QED) is 0.709. The highest BCUT2D eigenvalue weighted by molar-refractivity contribution is 9.10. The molecule has 1 aromatic heterocycles. The van der Waals surface area contributed by atoms with Crippen LogP contribution in [0.3, 0.4) is 0 Å². The van der Waals surface area contributed by atoms with Crippen LogP contribution in [0, 0.1) is 11.3 Å². The monoisotopic (exact) mass is 329 g/mol. The summed E-state index contributed by atoms with van der Waals surface area (Å²) < 4.78 is 1.97. The molecular weight excluding hydrogens is 326 g/mol. The summed E-state index contributed by atoms with van der Waals surface area (Å²) in [5, 5.41) is 13.0. The van der Waals surface area contributed by atoms with Gasteiger partial charge < -0.3 is 0 Å². The second-order valence-corrected chi connectivity index (χ2v) is 5.08. The minimum Gasteiger partial charge on any atom is -0.192 e. The molecule has 1 heterocycles. The van der Waals surface area contributed by atoms with Gasteiger partial charge >= 0.3 is 0 Å². The highest BCUT2D eigenvalue weighted by atomic mass is 79.9. The van der Waals surface area contributed by atoms with Crippen molar-refractivity contribution in [1.82, 2.24) is 0 Å². The Balaban J connectivity index is 2.89. The Hall–Kier alpha value is -0.370. The molecule has 0 amide bonds. The summed E-state index contributed by atoms with van der Waals surface area (Å²) in [4.78, 5) is 0. The van der Waals surface area contributed by atoms with Crippen molar-refractivity contribution in [3.63, 3.8) is 0 Å². The molecule has 1 nitrogen and oxygen atoms in total. The minimum absolute atomic E-state index is 0.743. The Labute approximate surface area is 103 Å². The molecule has 0 bridgehead atoms. The first-order chi connectivity index (χ1) is 6.77. The first-order valence-corrected chi connectivity index (χ1v) is 6.72. The second-order valence-electron chi connectivity index (χ2n) is 2.81. The fourth-order valence-corrected chi connectivity index (χ4v) is 3.71. The van der Waals surface area contributed by atoms with E-state index in [1.54, 1.807) is 11.3 Å². The Morgan fingerprint density at radius 1 is 1.50 bits per heavy atom. The molecule has 0 aliphatic rings. The lowest BCUT2D eigenvalue weighted by Gasteiger charge is -2.03. The van der Waals surface area contributed by atoms with Gasteiger partial charge in [-0.15, -0.1) is 11.3 Å². The van der Waals surface area contributed by atoms with E-state index in [1.165, 1.54) is 0 Å². The average Bonchev–Trinajstić information content (AvgIpc) is 2.64. The van der Waals surface area contributed by atoms with Gasteiger partial charge in [-0.1, -0.05) is 15.9 Å². The van der Waals surface area contributed by atoms with Crippen LogP contribution in [0.2, 0.25) is 0 Å². The van der Waals surface area contributed by atoms with E-state index in [4.69, 9.17) is 5.26 Å². The van der Waals surface area contributed by atoms with Gasteiger partial charge in [-0.3, -0.25) is 0 Å². The Bertz CT molecular complexity index is 525. The molecule has 14 heavy (non-hydrogen) atoms. The molecule has 0 spiro atoms. The van der Waals surface area contributed by atoms with Gasteiger partial charge in [0.2, 0.25) is 0 Å². The van der Waals surface area contributed by atoms with E-state index < -0.39 is 0 Å². The number of halogens is 2. The lowest BCUT2D eigenvalue weighted by molar-refractivity contribution is 1.40. The van der Waals surface area contributed by atoms with Crippen LogP contribution in [-0.4, -0.2) is 0 Å². The fraction of sp³-hybridized carbons (Fsp3) is 0.100. The van der Waals surface area contributed by atoms with Crippen LogP contribution in [0.5, 0.6) is 0 Å². The molecule has 0 saturated heterocycles. The number of fused-ring (bicyclic) bond motifs is 1. The summed E-state index contributed by atoms with van der Waals surface area (Å²) in [5.74, 6) is 0. The van der Waals surface area contributed by atoms with E-state index in [0.717, 1.165) is 31.0 Å². The highest BCUT2D eigenvalue weighted by Crippen LogP contribution is 2.33. The molecule has 0 radical (unpaired) electrons.